The van der Waals surface area contributed by atoms with E-state index in [1.165, 1.54) is 56.6 Å². The Morgan fingerprint density at radius 3 is 2.65 bits per heavy atom. The van der Waals surface area contributed by atoms with Crippen molar-refractivity contribution in [2.75, 3.05) is 23.3 Å². The van der Waals surface area contributed by atoms with E-state index < -0.39 is 0 Å². The molecule has 1 saturated heterocycles. The zero-order chi connectivity index (χ0) is 13.9. The van der Waals surface area contributed by atoms with Gasteiger partial charge in [0.05, 0.1) is 0 Å². The molecular formula is C18H28N2. The number of nitrogens with one attached hydrogen (secondary N) is 1. The molecule has 1 saturated carbocycles. The van der Waals surface area contributed by atoms with Crippen molar-refractivity contribution in [3.05, 3.63) is 24.3 Å². The Hall–Kier alpha value is -1.18. The highest BCUT2D eigenvalue weighted by molar-refractivity contribution is 5.58. The third-order valence-electron chi connectivity index (χ3n) is 5.10. The summed E-state index contributed by atoms with van der Waals surface area (Å²) in [5.41, 5.74) is 2.70. The van der Waals surface area contributed by atoms with Crippen LogP contribution >= 0.6 is 0 Å². The fraction of sp³-hybridized carbons (Fsp3) is 0.667. The Bertz CT molecular complexity index is 437. The van der Waals surface area contributed by atoms with Gasteiger partial charge in [-0.1, -0.05) is 19.9 Å². The van der Waals surface area contributed by atoms with Crippen LogP contribution in [-0.2, 0) is 0 Å². The van der Waals surface area contributed by atoms with Crippen LogP contribution < -0.4 is 10.2 Å². The highest BCUT2D eigenvalue weighted by atomic mass is 15.1. The lowest BCUT2D eigenvalue weighted by molar-refractivity contribution is 0.276. The number of hydrogen-bond donors (Lipinski definition) is 1. The smallest absolute Gasteiger partial charge is 0.0386 e. The van der Waals surface area contributed by atoms with Gasteiger partial charge in [-0.3, -0.25) is 0 Å². The number of nitrogens with zero attached hydrogens (tertiary/aromatic N) is 1. The average molecular weight is 272 g/mol. The molecule has 1 aliphatic carbocycles. The van der Waals surface area contributed by atoms with Crippen molar-refractivity contribution >= 4 is 11.4 Å². The molecule has 1 heterocycles. The van der Waals surface area contributed by atoms with Crippen LogP contribution in [0.25, 0.3) is 0 Å². The van der Waals surface area contributed by atoms with E-state index in [9.17, 15) is 0 Å². The molecule has 2 aliphatic rings. The second kappa shape index (κ2) is 6.07. The Morgan fingerprint density at radius 1 is 1.10 bits per heavy atom. The van der Waals surface area contributed by atoms with Gasteiger partial charge < -0.3 is 10.2 Å². The minimum atomic E-state index is 0.653. The Morgan fingerprint density at radius 2 is 1.90 bits per heavy atom. The van der Waals surface area contributed by atoms with Gasteiger partial charge in [-0.2, -0.15) is 0 Å². The zero-order valence-electron chi connectivity index (χ0n) is 12.9. The van der Waals surface area contributed by atoms with Gasteiger partial charge in [0.2, 0.25) is 0 Å². The van der Waals surface area contributed by atoms with Crippen molar-refractivity contribution in [2.24, 2.45) is 11.8 Å². The van der Waals surface area contributed by atoms with Crippen LogP contribution in [0.15, 0.2) is 24.3 Å². The van der Waals surface area contributed by atoms with Gasteiger partial charge in [-0.25, -0.2) is 0 Å². The van der Waals surface area contributed by atoms with Gasteiger partial charge in [0.15, 0.2) is 0 Å². The lowest BCUT2D eigenvalue weighted by Gasteiger charge is -2.34. The van der Waals surface area contributed by atoms with E-state index in [0.717, 1.165) is 11.8 Å². The molecule has 2 heteroatoms. The highest BCUT2D eigenvalue weighted by Gasteiger charge is 2.25. The molecule has 3 unspecified atom stereocenters. The molecule has 3 atom stereocenters. The van der Waals surface area contributed by atoms with Crippen molar-refractivity contribution in [1.29, 1.82) is 0 Å². The van der Waals surface area contributed by atoms with Crippen molar-refractivity contribution in [3.8, 4) is 0 Å². The van der Waals surface area contributed by atoms with Gasteiger partial charge in [0.25, 0.3) is 0 Å². The molecule has 0 spiro atoms. The van der Waals surface area contributed by atoms with Gasteiger partial charge in [0, 0.05) is 30.5 Å². The molecular weight excluding hydrogens is 244 g/mol. The normalized spacial score (nSPS) is 30.5. The van der Waals surface area contributed by atoms with E-state index in [-0.39, 0.29) is 0 Å². The minimum absolute atomic E-state index is 0.653. The first-order valence-electron chi connectivity index (χ1n) is 8.34. The molecule has 3 rings (SSSR count). The van der Waals surface area contributed by atoms with Crippen molar-refractivity contribution in [2.45, 2.75) is 52.0 Å². The molecule has 20 heavy (non-hydrogen) atoms. The summed E-state index contributed by atoms with van der Waals surface area (Å²) in [5, 5.41) is 3.79. The van der Waals surface area contributed by atoms with E-state index >= 15 is 0 Å². The predicted octanol–water partition coefficient (Wildman–Crippen LogP) is 4.52. The summed E-state index contributed by atoms with van der Waals surface area (Å²) < 4.78 is 0. The van der Waals surface area contributed by atoms with Gasteiger partial charge in [-0.15, -0.1) is 0 Å². The van der Waals surface area contributed by atoms with Crippen LogP contribution in [0.4, 0.5) is 11.4 Å². The highest BCUT2D eigenvalue weighted by Crippen LogP contribution is 2.31. The molecule has 1 aliphatic heterocycles. The summed E-state index contributed by atoms with van der Waals surface area (Å²) in [6.07, 6.45) is 6.73. The lowest BCUT2D eigenvalue weighted by atomic mass is 9.80. The van der Waals surface area contributed by atoms with Crippen molar-refractivity contribution in [1.82, 2.24) is 0 Å². The zero-order valence-corrected chi connectivity index (χ0v) is 12.9. The molecule has 0 bridgehead atoms. The van der Waals surface area contributed by atoms with E-state index in [1.807, 2.05) is 0 Å². The molecule has 2 nitrogen and oxygen atoms in total. The topological polar surface area (TPSA) is 15.3 Å². The number of anilines is 2. The molecule has 0 amide bonds. The van der Waals surface area contributed by atoms with Crippen molar-refractivity contribution < 1.29 is 0 Å². The van der Waals surface area contributed by atoms with Crippen LogP contribution in [0.3, 0.4) is 0 Å². The number of benzene rings is 1. The maximum atomic E-state index is 3.79. The Labute approximate surface area is 123 Å². The summed E-state index contributed by atoms with van der Waals surface area (Å²) in [6, 6.07) is 9.68. The predicted molar refractivity (Wildman–Crippen MR) is 87.5 cm³/mol. The maximum Gasteiger partial charge on any atom is 0.0386 e. The molecule has 0 radical (unpaired) electrons. The largest absolute Gasteiger partial charge is 0.382 e. The molecule has 110 valence electrons. The Kier molecular flexibility index (Phi) is 4.18. The third kappa shape index (κ3) is 3.11. The fourth-order valence-electron chi connectivity index (χ4n) is 3.86. The first-order valence-corrected chi connectivity index (χ1v) is 8.34. The standard InChI is InChI=1S/C18H28N2/c1-14-8-9-18(15(2)12-14)19-16-6-5-7-17(13-16)20-10-3-4-11-20/h5-7,13-15,18-19H,3-4,8-12H2,1-2H3. The summed E-state index contributed by atoms with van der Waals surface area (Å²) >= 11 is 0. The second-order valence-corrected chi connectivity index (χ2v) is 6.89. The van der Waals surface area contributed by atoms with Crippen molar-refractivity contribution in [3.63, 3.8) is 0 Å². The maximum absolute atomic E-state index is 3.79. The van der Waals surface area contributed by atoms with Gasteiger partial charge in [-0.05, 0) is 62.1 Å². The first kappa shape index (κ1) is 13.8. The molecule has 1 N–H and O–H groups in total. The molecule has 0 aromatic heterocycles. The monoisotopic (exact) mass is 272 g/mol. The van der Waals surface area contributed by atoms with Crippen LogP contribution in [0.1, 0.15) is 46.0 Å². The summed E-state index contributed by atoms with van der Waals surface area (Å²) in [7, 11) is 0. The molecule has 1 aromatic carbocycles. The van der Waals surface area contributed by atoms with E-state index in [0.29, 0.717) is 6.04 Å². The first-order chi connectivity index (χ1) is 9.72. The van der Waals surface area contributed by atoms with E-state index in [1.54, 1.807) is 0 Å². The van der Waals surface area contributed by atoms with E-state index in [2.05, 4.69) is 48.3 Å². The number of hydrogen-bond acceptors (Lipinski definition) is 2. The van der Waals surface area contributed by atoms with Crippen LogP contribution in [0.5, 0.6) is 0 Å². The molecule has 1 aromatic rings. The van der Waals surface area contributed by atoms with Crippen LogP contribution in [0, 0.1) is 11.8 Å². The van der Waals surface area contributed by atoms with Crippen LogP contribution in [0.2, 0.25) is 0 Å². The lowest BCUT2D eigenvalue weighted by Crippen LogP contribution is -2.33. The summed E-state index contributed by atoms with van der Waals surface area (Å²) in [5.74, 6) is 1.69. The minimum Gasteiger partial charge on any atom is -0.382 e. The van der Waals surface area contributed by atoms with Gasteiger partial charge in [0.1, 0.15) is 0 Å². The fourth-order valence-corrected chi connectivity index (χ4v) is 3.86. The number of rotatable bonds is 3. The van der Waals surface area contributed by atoms with Crippen LogP contribution in [-0.4, -0.2) is 19.1 Å². The average Bonchev–Trinajstić information content (AvgIpc) is 2.96. The summed E-state index contributed by atoms with van der Waals surface area (Å²) in [6.45, 7) is 7.24. The molecule has 2 fully saturated rings. The van der Waals surface area contributed by atoms with E-state index in [4.69, 9.17) is 0 Å². The third-order valence-corrected chi connectivity index (χ3v) is 5.10. The van der Waals surface area contributed by atoms with Gasteiger partial charge >= 0.3 is 0 Å². The Balaban J connectivity index is 1.66. The quantitative estimate of drug-likeness (QED) is 0.870. The SMILES string of the molecule is CC1CCC(Nc2cccc(N3CCCC3)c2)C(C)C1. The summed E-state index contributed by atoms with van der Waals surface area (Å²) in [4.78, 5) is 2.51. The second-order valence-electron chi connectivity index (χ2n) is 6.89.